The van der Waals surface area contributed by atoms with E-state index in [-0.39, 0.29) is 11.6 Å². The van der Waals surface area contributed by atoms with Gasteiger partial charge < -0.3 is 15.5 Å². The number of anilines is 2. The molecule has 17 heavy (non-hydrogen) atoms. The van der Waals surface area contributed by atoms with E-state index in [2.05, 4.69) is 10.6 Å². The molecule has 0 bridgehead atoms. The molecule has 2 amide bonds. The van der Waals surface area contributed by atoms with E-state index < -0.39 is 0 Å². The van der Waals surface area contributed by atoms with Gasteiger partial charge in [-0.3, -0.25) is 0 Å². The highest BCUT2D eigenvalue weighted by molar-refractivity contribution is 5.93. The molecule has 0 heterocycles. The molecule has 0 saturated carbocycles. The fourth-order valence-corrected chi connectivity index (χ4v) is 1.46. The number of para-hydroxylation sites is 2. The number of nitrogens with one attached hydrogen (secondary N) is 2. The van der Waals surface area contributed by atoms with E-state index >= 15 is 0 Å². The van der Waals surface area contributed by atoms with Crippen LogP contribution in [0.15, 0.2) is 24.3 Å². The standard InChI is InChI=1S/C13H21N3O/c1-13(2,3)15-12(17)14-10-8-6-7-9-11(10)16(4)5/h6-9H,1-5H3,(H2,14,15,17). The Morgan fingerprint density at radius 3 is 2.29 bits per heavy atom. The molecule has 1 rings (SSSR count). The summed E-state index contributed by atoms with van der Waals surface area (Å²) in [7, 11) is 3.89. The quantitative estimate of drug-likeness (QED) is 0.827. The van der Waals surface area contributed by atoms with Crippen LogP contribution in [0.1, 0.15) is 20.8 Å². The van der Waals surface area contributed by atoms with Crippen molar-refractivity contribution < 1.29 is 4.79 Å². The minimum atomic E-state index is -0.239. The number of urea groups is 1. The zero-order valence-corrected chi connectivity index (χ0v) is 11.2. The Balaban J connectivity index is 2.78. The van der Waals surface area contributed by atoms with E-state index in [1.54, 1.807) is 0 Å². The van der Waals surface area contributed by atoms with Crippen molar-refractivity contribution in [3.05, 3.63) is 24.3 Å². The summed E-state index contributed by atoms with van der Waals surface area (Å²) in [5, 5.41) is 5.72. The molecule has 0 spiro atoms. The third-order valence-electron chi connectivity index (χ3n) is 2.12. The molecule has 0 aliphatic carbocycles. The van der Waals surface area contributed by atoms with Crippen molar-refractivity contribution in [2.45, 2.75) is 26.3 Å². The normalized spacial score (nSPS) is 10.9. The lowest BCUT2D eigenvalue weighted by molar-refractivity contribution is 0.244. The molecule has 0 saturated heterocycles. The maximum atomic E-state index is 11.8. The van der Waals surface area contributed by atoms with Gasteiger partial charge in [0.05, 0.1) is 11.4 Å². The Labute approximate surface area is 103 Å². The minimum absolute atomic E-state index is 0.188. The van der Waals surface area contributed by atoms with E-state index in [0.717, 1.165) is 11.4 Å². The average Bonchev–Trinajstić information content (AvgIpc) is 2.14. The van der Waals surface area contributed by atoms with Crippen LogP contribution in [-0.4, -0.2) is 25.7 Å². The lowest BCUT2D eigenvalue weighted by atomic mass is 10.1. The van der Waals surface area contributed by atoms with Gasteiger partial charge in [0.2, 0.25) is 0 Å². The molecule has 0 radical (unpaired) electrons. The summed E-state index contributed by atoms with van der Waals surface area (Å²) in [5.41, 5.74) is 1.55. The first kappa shape index (κ1) is 13.4. The number of nitrogens with zero attached hydrogens (tertiary/aromatic N) is 1. The number of carbonyl (C=O) groups excluding carboxylic acids is 1. The predicted molar refractivity (Wildman–Crippen MR) is 72.7 cm³/mol. The topological polar surface area (TPSA) is 44.4 Å². The van der Waals surface area contributed by atoms with E-state index in [1.807, 2.05) is 64.0 Å². The molecule has 4 nitrogen and oxygen atoms in total. The molecule has 0 atom stereocenters. The summed E-state index contributed by atoms with van der Waals surface area (Å²) in [6.45, 7) is 5.85. The van der Waals surface area contributed by atoms with Gasteiger partial charge in [0.25, 0.3) is 0 Å². The second kappa shape index (κ2) is 5.08. The molecule has 0 aliphatic heterocycles. The fraction of sp³-hybridized carbons (Fsp3) is 0.462. The van der Waals surface area contributed by atoms with E-state index in [1.165, 1.54) is 0 Å². The van der Waals surface area contributed by atoms with Crippen molar-refractivity contribution in [1.82, 2.24) is 5.32 Å². The van der Waals surface area contributed by atoms with E-state index in [4.69, 9.17) is 0 Å². The second-order valence-electron chi connectivity index (χ2n) is 5.24. The van der Waals surface area contributed by atoms with Crippen molar-refractivity contribution in [2.75, 3.05) is 24.3 Å². The highest BCUT2D eigenvalue weighted by Gasteiger charge is 2.14. The minimum Gasteiger partial charge on any atom is -0.376 e. The average molecular weight is 235 g/mol. The van der Waals surface area contributed by atoms with Crippen molar-refractivity contribution in [2.24, 2.45) is 0 Å². The highest BCUT2D eigenvalue weighted by atomic mass is 16.2. The van der Waals surface area contributed by atoms with Crippen LogP contribution in [0.5, 0.6) is 0 Å². The lowest BCUT2D eigenvalue weighted by Crippen LogP contribution is -2.43. The highest BCUT2D eigenvalue weighted by Crippen LogP contribution is 2.23. The molecule has 94 valence electrons. The molecule has 2 N–H and O–H groups in total. The first-order valence-electron chi connectivity index (χ1n) is 5.65. The van der Waals surface area contributed by atoms with Gasteiger partial charge in [-0.15, -0.1) is 0 Å². The monoisotopic (exact) mass is 235 g/mol. The first-order chi connectivity index (χ1) is 7.79. The molecule has 0 aromatic heterocycles. The van der Waals surface area contributed by atoms with Gasteiger partial charge in [-0.05, 0) is 32.9 Å². The molecular weight excluding hydrogens is 214 g/mol. The number of amides is 2. The van der Waals surface area contributed by atoms with Crippen molar-refractivity contribution >= 4 is 17.4 Å². The lowest BCUT2D eigenvalue weighted by Gasteiger charge is -2.22. The molecular formula is C13H21N3O. The number of benzene rings is 1. The van der Waals surface area contributed by atoms with Gasteiger partial charge in [-0.2, -0.15) is 0 Å². The summed E-state index contributed by atoms with van der Waals surface area (Å²) in [5.74, 6) is 0. The Kier molecular flexibility index (Phi) is 3.99. The SMILES string of the molecule is CN(C)c1ccccc1NC(=O)NC(C)(C)C. The van der Waals surface area contributed by atoms with E-state index in [9.17, 15) is 4.79 Å². The summed E-state index contributed by atoms with van der Waals surface area (Å²) in [4.78, 5) is 13.7. The van der Waals surface area contributed by atoms with Crippen LogP contribution < -0.4 is 15.5 Å². The Hall–Kier alpha value is -1.71. The van der Waals surface area contributed by atoms with Crippen LogP contribution in [-0.2, 0) is 0 Å². The predicted octanol–water partition coefficient (Wildman–Crippen LogP) is 2.67. The van der Waals surface area contributed by atoms with Gasteiger partial charge >= 0.3 is 6.03 Å². The largest absolute Gasteiger partial charge is 0.376 e. The van der Waals surface area contributed by atoms with Crippen LogP contribution >= 0.6 is 0 Å². The van der Waals surface area contributed by atoms with Crippen LogP contribution in [0.3, 0.4) is 0 Å². The second-order valence-corrected chi connectivity index (χ2v) is 5.24. The Bertz CT molecular complexity index is 394. The molecule has 0 aliphatic rings. The third-order valence-corrected chi connectivity index (χ3v) is 2.12. The number of rotatable bonds is 2. The van der Waals surface area contributed by atoms with Crippen molar-refractivity contribution in [1.29, 1.82) is 0 Å². The summed E-state index contributed by atoms with van der Waals surface area (Å²) >= 11 is 0. The Morgan fingerprint density at radius 2 is 1.76 bits per heavy atom. The van der Waals surface area contributed by atoms with Gasteiger partial charge in [-0.1, -0.05) is 12.1 Å². The smallest absolute Gasteiger partial charge is 0.319 e. The number of hydrogen-bond acceptors (Lipinski definition) is 2. The van der Waals surface area contributed by atoms with Crippen molar-refractivity contribution in [3.8, 4) is 0 Å². The fourth-order valence-electron chi connectivity index (χ4n) is 1.46. The van der Waals surface area contributed by atoms with Crippen LogP contribution in [0.4, 0.5) is 16.2 Å². The maximum absolute atomic E-state index is 11.8. The summed E-state index contributed by atoms with van der Waals surface area (Å²) in [6, 6.07) is 7.51. The number of carbonyl (C=O) groups is 1. The van der Waals surface area contributed by atoms with Crippen LogP contribution in [0, 0.1) is 0 Å². The zero-order valence-electron chi connectivity index (χ0n) is 11.2. The van der Waals surface area contributed by atoms with Gasteiger partial charge in [0.1, 0.15) is 0 Å². The molecule has 4 heteroatoms. The van der Waals surface area contributed by atoms with Gasteiger partial charge in [0.15, 0.2) is 0 Å². The third kappa shape index (κ3) is 4.34. The zero-order chi connectivity index (χ0) is 13.1. The molecule has 1 aromatic carbocycles. The first-order valence-corrected chi connectivity index (χ1v) is 5.65. The van der Waals surface area contributed by atoms with Crippen LogP contribution in [0.25, 0.3) is 0 Å². The molecule has 0 fully saturated rings. The van der Waals surface area contributed by atoms with Crippen LogP contribution in [0.2, 0.25) is 0 Å². The van der Waals surface area contributed by atoms with Gasteiger partial charge in [-0.25, -0.2) is 4.79 Å². The van der Waals surface area contributed by atoms with Gasteiger partial charge in [0, 0.05) is 19.6 Å². The summed E-state index contributed by atoms with van der Waals surface area (Å²) < 4.78 is 0. The van der Waals surface area contributed by atoms with E-state index in [0.29, 0.717) is 0 Å². The molecule has 1 aromatic rings. The molecule has 0 unspecified atom stereocenters. The maximum Gasteiger partial charge on any atom is 0.319 e. The van der Waals surface area contributed by atoms with Crippen molar-refractivity contribution in [3.63, 3.8) is 0 Å². The number of hydrogen-bond donors (Lipinski definition) is 2. The summed E-state index contributed by atoms with van der Waals surface area (Å²) in [6.07, 6.45) is 0. The Morgan fingerprint density at radius 1 is 1.18 bits per heavy atom.